The fraction of sp³-hybridized carbons (Fsp3) is 0.467. The highest BCUT2D eigenvalue weighted by Crippen LogP contribution is 2.31. The topological polar surface area (TPSA) is 79.3 Å². The van der Waals surface area contributed by atoms with Crippen molar-refractivity contribution in [1.29, 1.82) is 0 Å². The largest absolute Gasteiger partial charge is 0.497 e. The maximum absolute atomic E-state index is 12.5. The molecule has 2 rings (SSSR count). The summed E-state index contributed by atoms with van der Waals surface area (Å²) in [5, 5.41) is 8.85. The van der Waals surface area contributed by atoms with Crippen LogP contribution in [0.15, 0.2) is 18.2 Å². The molecular weight excluding hydrogens is 288 g/mol. The molecule has 1 heterocycles. The Bertz CT molecular complexity index is 553. The van der Waals surface area contributed by atoms with E-state index in [9.17, 15) is 9.59 Å². The average Bonchev–Trinajstić information content (AvgIpc) is 2.87. The molecular formula is C15H20N2O5. The summed E-state index contributed by atoms with van der Waals surface area (Å²) < 4.78 is 10.4. The highest BCUT2D eigenvalue weighted by Gasteiger charge is 2.36. The molecule has 1 aromatic carbocycles. The lowest BCUT2D eigenvalue weighted by atomic mass is 10.2. The summed E-state index contributed by atoms with van der Waals surface area (Å²) in [5.41, 5.74) is 0.687. The second kappa shape index (κ2) is 6.65. The molecule has 1 N–H and O–H groups in total. The Morgan fingerprint density at radius 1 is 1.32 bits per heavy atom. The van der Waals surface area contributed by atoms with Crippen LogP contribution in [0, 0.1) is 0 Å². The van der Waals surface area contributed by atoms with Crippen molar-refractivity contribution in [3.8, 4) is 11.5 Å². The van der Waals surface area contributed by atoms with Crippen LogP contribution in [0.2, 0.25) is 0 Å². The van der Waals surface area contributed by atoms with Crippen molar-refractivity contribution >= 4 is 17.6 Å². The van der Waals surface area contributed by atoms with E-state index >= 15 is 0 Å². The number of hydrogen-bond donors (Lipinski definition) is 1. The highest BCUT2D eigenvalue weighted by atomic mass is 16.5. The normalized spacial score (nSPS) is 17.9. The maximum Gasteiger partial charge on any atom is 0.317 e. The molecule has 1 fully saturated rings. The lowest BCUT2D eigenvalue weighted by Crippen LogP contribution is -2.42. The van der Waals surface area contributed by atoms with Gasteiger partial charge in [-0.05, 0) is 13.5 Å². The number of carbonyl (C=O) groups is 2. The number of amides is 1. The predicted octanol–water partition coefficient (Wildman–Crippen LogP) is 0.825. The lowest BCUT2D eigenvalue weighted by Gasteiger charge is -2.22. The zero-order valence-corrected chi connectivity index (χ0v) is 12.9. The zero-order chi connectivity index (χ0) is 16.3. The molecule has 22 heavy (non-hydrogen) atoms. The summed E-state index contributed by atoms with van der Waals surface area (Å²) in [6, 6.07) is 4.84. The third-order valence-electron chi connectivity index (χ3n) is 3.74. The van der Waals surface area contributed by atoms with Gasteiger partial charge in [0, 0.05) is 24.7 Å². The third kappa shape index (κ3) is 3.30. The molecule has 0 aliphatic carbocycles. The number of methoxy groups -OCH3 is 2. The van der Waals surface area contributed by atoms with Crippen LogP contribution >= 0.6 is 0 Å². The van der Waals surface area contributed by atoms with E-state index in [1.54, 1.807) is 49.3 Å². The van der Waals surface area contributed by atoms with Crippen molar-refractivity contribution in [1.82, 2.24) is 4.90 Å². The van der Waals surface area contributed by atoms with E-state index in [2.05, 4.69) is 0 Å². The van der Waals surface area contributed by atoms with Crippen molar-refractivity contribution < 1.29 is 24.2 Å². The molecule has 1 amide bonds. The molecule has 7 nitrogen and oxygen atoms in total. The van der Waals surface area contributed by atoms with Crippen LogP contribution in [0.4, 0.5) is 5.69 Å². The highest BCUT2D eigenvalue weighted by molar-refractivity contribution is 6.00. The number of carboxylic acids is 1. The fourth-order valence-electron chi connectivity index (χ4n) is 2.60. The first-order chi connectivity index (χ1) is 10.5. The lowest BCUT2D eigenvalue weighted by molar-refractivity contribution is -0.138. The number of hydrogen-bond acceptors (Lipinski definition) is 5. The Balaban J connectivity index is 2.20. The molecule has 0 saturated carbocycles. The molecule has 1 aromatic rings. The van der Waals surface area contributed by atoms with Crippen molar-refractivity contribution in [2.75, 3.05) is 39.3 Å². The molecule has 1 aliphatic rings. The number of rotatable bonds is 6. The Morgan fingerprint density at radius 3 is 2.41 bits per heavy atom. The van der Waals surface area contributed by atoms with E-state index in [0.29, 0.717) is 30.2 Å². The number of ether oxygens (including phenoxy) is 2. The van der Waals surface area contributed by atoms with Crippen LogP contribution in [-0.4, -0.2) is 62.3 Å². The zero-order valence-electron chi connectivity index (χ0n) is 12.9. The first-order valence-electron chi connectivity index (χ1n) is 6.92. The quantitative estimate of drug-likeness (QED) is 0.838. The summed E-state index contributed by atoms with van der Waals surface area (Å²) in [7, 11) is 4.74. The SMILES string of the molecule is COc1cc(OC)cc(N2CCC(N(C)CC(=O)O)C2=O)c1. The number of benzene rings is 1. The second-order valence-corrected chi connectivity index (χ2v) is 5.17. The molecule has 1 aliphatic heterocycles. The Morgan fingerprint density at radius 2 is 1.91 bits per heavy atom. The van der Waals surface area contributed by atoms with Gasteiger partial charge in [-0.1, -0.05) is 0 Å². The van der Waals surface area contributed by atoms with E-state index in [1.165, 1.54) is 0 Å². The smallest absolute Gasteiger partial charge is 0.317 e. The number of nitrogens with zero attached hydrogens (tertiary/aromatic N) is 2. The van der Waals surface area contributed by atoms with Gasteiger partial charge in [0.1, 0.15) is 11.5 Å². The standard InChI is InChI=1S/C15H20N2O5/c1-16(9-14(18)19)13-4-5-17(15(13)20)10-6-11(21-2)8-12(7-10)22-3/h6-8,13H,4-5,9H2,1-3H3,(H,18,19). The molecule has 0 bridgehead atoms. The van der Waals surface area contributed by atoms with Gasteiger partial charge in [0.05, 0.1) is 32.5 Å². The number of likely N-dealkylation sites (N-methyl/N-ethyl adjacent to an activating group) is 1. The molecule has 7 heteroatoms. The van der Waals surface area contributed by atoms with Crippen molar-refractivity contribution in [2.45, 2.75) is 12.5 Å². The van der Waals surface area contributed by atoms with E-state index < -0.39 is 12.0 Å². The number of carboxylic acid groups (broad SMARTS) is 1. The van der Waals surface area contributed by atoms with E-state index in [4.69, 9.17) is 14.6 Å². The first-order valence-corrected chi connectivity index (χ1v) is 6.92. The molecule has 1 saturated heterocycles. The summed E-state index contributed by atoms with van der Waals surface area (Å²) in [6.45, 7) is 0.370. The van der Waals surface area contributed by atoms with Crippen LogP contribution in [0.5, 0.6) is 11.5 Å². The summed E-state index contributed by atoms with van der Waals surface area (Å²) in [6.07, 6.45) is 0.585. The first kappa shape index (κ1) is 16.1. The second-order valence-electron chi connectivity index (χ2n) is 5.17. The molecule has 0 radical (unpaired) electrons. The van der Waals surface area contributed by atoms with Gasteiger partial charge in [0.2, 0.25) is 5.91 Å². The molecule has 1 unspecified atom stereocenters. The van der Waals surface area contributed by atoms with E-state index in [-0.39, 0.29) is 12.5 Å². The van der Waals surface area contributed by atoms with Gasteiger partial charge in [-0.3, -0.25) is 14.5 Å². The molecule has 1 atom stereocenters. The van der Waals surface area contributed by atoms with E-state index in [0.717, 1.165) is 0 Å². The minimum atomic E-state index is -0.947. The van der Waals surface area contributed by atoms with Gasteiger partial charge in [0.25, 0.3) is 0 Å². The minimum absolute atomic E-state index is 0.112. The van der Waals surface area contributed by atoms with Gasteiger partial charge in [0.15, 0.2) is 0 Å². The number of anilines is 1. The molecule has 0 spiro atoms. The minimum Gasteiger partial charge on any atom is -0.497 e. The number of aliphatic carboxylic acids is 1. The predicted molar refractivity (Wildman–Crippen MR) is 80.6 cm³/mol. The van der Waals surface area contributed by atoms with Crippen LogP contribution in [0.1, 0.15) is 6.42 Å². The Kier molecular flexibility index (Phi) is 4.87. The van der Waals surface area contributed by atoms with Gasteiger partial charge in [-0.25, -0.2) is 0 Å². The fourth-order valence-corrected chi connectivity index (χ4v) is 2.60. The van der Waals surface area contributed by atoms with Crippen molar-refractivity contribution in [2.24, 2.45) is 0 Å². The summed E-state index contributed by atoms with van der Waals surface area (Å²) in [5.74, 6) is 0.143. The third-order valence-corrected chi connectivity index (χ3v) is 3.74. The van der Waals surface area contributed by atoms with Gasteiger partial charge in [-0.15, -0.1) is 0 Å². The van der Waals surface area contributed by atoms with Crippen LogP contribution in [0.25, 0.3) is 0 Å². The van der Waals surface area contributed by atoms with Gasteiger partial charge in [-0.2, -0.15) is 0 Å². The molecule has 120 valence electrons. The Hall–Kier alpha value is -2.28. The van der Waals surface area contributed by atoms with Crippen molar-refractivity contribution in [3.63, 3.8) is 0 Å². The summed E-state index contributed by atoms with van der Waals surface area (Å²) in [4.78, 5) is 26.5. The van der Waals surface area contributed by atoms with Gasteiger partial charge >= 0.3 is 5.97 Å². The summed E-state index contributed by atoms with van der Waals surface area (Å²) >= 11 is 0. The average molecular weight is 308 g/mol. The van der Waals surface area contributed by atoms with E-state index in [1.807, 2.05) is 0 Å². The van der Waals surface area contributed by atoms with Crippen molar-refractivity contribution in [3.05, 3.63) is 18.2 Å². The monoisotopic (exact) mass is 308 g/mol. The molecule has 0 aromatic heterocycles. The van der Waals surface area contributed by atoms with Gasteiger partial charge < -0.3 is 19.5 Å². The maximum atomic E-state index is 12.5. The van der Waals surface area contributed by atoms with Crippen LogP contribution in [-0.2, 0) is 9.59 Å². The Labute approximate surface area is 129 Å². The van der Waals surface area contributed by atoms with Crippen LogP contribution < -0.4 is 14.4 Å². The number of carbonyl (C=O) groups excluding carboxylic acids is 1. The van der Waals surface area contributed by atoms with Crippen LogP contribution in [0.3, 0.4) is 0 Å².